The van der Waals surface area contributed by atoms with Gasteiger partial charge in [0, 0.05) is 17.8 Å². The van der Waals surface area contributed by atoms with Gasteiger partial charge in [0.05, 0.1) is 21.3 Å². The van der Waals surface area contributed by atoms with Gasteiger partial charge in [0.25, 0.3) is 11.5 Å². The third-order valence-corrected chi connectivity index (χ3v) is 3.28. The van der Waals surface area contributed by atoms with Crippen molar-refractivity contribution in [3.63, 3.8) is 0 Å². The third-order valence-electron chi connectivity index (χ3n) is 3.07. The molecule has 2 aromatic rings. The number of rotatable bonds is 5. The first-order chi connectivity index (χ1) is 11.4. The lowest BCUT2D eigenvalue weighted by Crippen LogP contribution is -2.24. The molecule has 128 valence electrons. The fraction of sp³-hybridized carbons (Fsp3) is 0.214. The number of hydrogen-bond donors (Lipinski definition) is 4. The summed E-state index contributed by atoms with van der Waals surface area (Å²) in [6, 6.07) is 2.96. The number of methoxy groups -OCH3 is 3. The number of benzene rings is 1. The van der Waals surface area contributed by atoms with Gasteiger partial charge in [-0.15, -0.1) is 0 Å². The zero-order valence-electron chi connectivity index (χ0n) is 13.1. The van der Waals surface area contributed by atoms with Gasteiger partial charge < -0.3 is 29.6 Å². The number of aromatic nitrogens is 2. The Morgan fingerprint density at radius 3 is 2.17 bits per heavy atom. The molecule has 0 atom stereocenters. The number of carbonyl (C=O) groups is 1. The summed E-state index contributed by atoms with van der Waals surface area (Å²) < 4.78 is 15.4. The maximum atomic E-state index is 12.3. The SMILES string of the molecule is COc1cc(NC(=O)c2c(O)[nH]c(=S)[nH]c2=O)cc(OC)c1OC. The monoisotopic (exact) mass is 353 g/mol. The number of ether oxygens (including phenoxy) is 3. The van der Waals surface area contributed by atoms with Crippen LogP contribution >= 0.6 is 12.2 Å². The van der Waals surface area contributed by atoms with Crippen molar-refractivity contribution in [1.82, 2.24) is 9.97 Å². The van der Waals surface area contributed by atoms with Crippen LogP contribution in [0.2, 0.25) is 0 Å². The maximum absolute atomic E-state index is 12.3. The largest absolute Gasteiger partial charge is 0.494 e. The van der Waals surface area contributed by atoms with E-state index in [1.165, 1.54) is 33.5 Å². The molecule has 1 heterocycles. The second kappa shape index (κ2) is 7.04. The summed E-state index contributed by atoms with van der Waals surface area (Å²) in [6.07, 6.45) is 0. The minimum absolute atomic E-state index is 0.0955. The van der Waals surface area contributed by atoms with E-state index in [0.29, 0.717) is 17.2 Å². The van der Waals surface area contributed by atoms with Crippen molar-refractivity contribution >= 4 is 23.8 Å². The highest BCUT2D eigenvalue weighted by molar-refractivity contribution is 7.71. The quantitative estimate of drug-likeness (QED) is 0.599. The van der Waals surface area contributed by atoms with Crippen LogP contribution in [0.4, 0.5) is 5.69 Å². The Hall–Kier alpha value is -3.01. The fourth-order valence-corrected chi connectivity index (χ4v) is 2.22. The Kier molecular flexibility index (Phi) is 5.09. The van der Waals surface area contributed by atoms with Crippen LogP contribution in [-0.4, -0.2) is 42.3 Å². The molecule has 0 fully saturated rings. The molecule has 1 aromatic carbocycles. The molecule has 0 aliphatic carbocycles. The van der Waals surface area contributed by atoms with E-state index in [9.17, 15) is 14.7 Å². The van der Waals surface area contributed by atoms with E-state index in [-0.39, 0.29) is 10.5 Å². The molecule has 9 nitrogen and oxygen atoms in total. The van der Waals surface area contributed by atoms with Crippen molar-refractivity contribution in [2.75, 3.05) is 26.6 Å². The second-order valence-electron chi connectivity index (χ2n) is 4.50. The van der Waals surface area contributed by atoms with E-state index < -0.39 is 22.9 Å². The van der Waals surface area contributed by atoms with Gasteiger partial charge in [-0.25, -0.2) is 0 Å². The first kappa shape index (κ1) is 17.3. The molecule has 0 saturated carbocycles. The van der Waals surface area contributed by atoms with Gasteiger partial charge in [0.1, 0.15) is 0 Å². The van der Waals surface area contributed by atoms with Gasteiger partial charge in [0.15, 0.2) is 21.8 Å². The van der Waals surface area contributed by atoms with Gasteiger partial charge in [-0.3, -0.25) is 14.6 Å². The highest BCUT2D eigenvalue weighted by Crippen LogP contribution is 2.40. The average Bonchev–Trinajstić information content (AvgIpc) is 2.52. The zero-order valence-corrected chi connectivity index (χ0v) is 13.9. The molecule has 10 heteroatoms. The lowest BCUT2D eigenvalue weighted by molar-refractivity contribution is 0.102. The topological polar surface area (TPSA) is 126 Å². The molecule has 0 bridgehead atoms. The van der Waals surface area contributed by atoms with Crippen LogP contribution in [0.15, 0.2) is 16.9 Å². The van der Waals surface area contributed by atoms with E-state index >= 15 is 0 Å². The molecule has 0 unspecified atom stereocenters. The molecule has 0 aliphatic rings. The van der Waals surface area contributed by atoms with Gasteiger partial charge in [0.2, 0.25) is 11.6 Å². The Labute approximate surface area is 141 Å². The van der Waals surface area contributed by atoms with Gasteiger partial charge in [-0.05, 0) is 12.2 Å². The molecule has 1 aromatic heterocycles. The number of anilines is 1. The zero-order chi connectivity index (χ0) is 17.9. The number of H-pyrrole nitrogens is 2. The standard InChI is InChI=1S/C14H15N3O6S/c1-21-7-4-6(5-8(22-2)10(7)23-3)15-11(18)9-12(19)16-14(24)17-13(9)20/h4-5H,1-3H3,(H,15,18)(H3,16,17,19,20,24). The molecule has 24 heavy (non-hydrogen) atoms. The molecule has 2 rings (SSSR count). The summed E-state index contributed by atoms with van der Waals surface area (Å²) in [7, 11) is 4.30. The molecule has 1 amide bonds. The lowest BCUT2D eigenvalue weighted by atomic mass is 10.2. The maximum Gasteiger partial charge on any atom is 0.268 e. The number of nitrogens with one attached hydrogen (secondary N) is 3. The molecular formula is C14H15N3O6S. The summed E-state index contributed by atoms with van der Waals surface area (Å²) in [5, 5.41) is 12.2. The average molecular weight is 353 g/mol. The first-order valence-electron chi connectivity index (χ1n) is 6.58. The highest BCUT2D eigenvalue weighted by atomic mass is 32.1. The van der Waals surface area contributed by atoms with Gasteiger partial charge >= 0.3 is 0 Å². The number of aromatic hydroxyl groups is 1. The number of aromatic amines is 2. The fourth-order valence-electron chi connectivity index (χ4n) is 2.03. The van der Waals surface area contributed by atoms with Crippen molar-refractivity contribution in [3.05, 3.63) is 32.8 Å². The summed E-state index contributed by atoms with van der Waals surface area (Å²) in [6.45, 7) is 0. The number of hydrogen-bond acceptors (Lipinski definition) is 7. The van der Waals surface area contributed by atoms with Gasteiger partial charge in [-0.1, -0.05) is 0 Å². The second-order valence-corrected chi connectivity index (χ2v) is 4.91. The Balaban J connectivity index is 2.43. The van der Waals surface area contributed by atoms with Crippen LogP contribution in [0.1, 0.15) is 10.4 Å². The van der Waals surface area contributed by atoms with Gasteiger partial charge in [-0.2, -0.15) is 0 Å². The van der Waals surface area contributed by atoms with Crippen LogP contribution in [0.3, 0.4) is 0 Å². The van der Waals surface area contributed by atoms with Crippen LogP contribution in [0, 0.1) is 4.77 Å². The Bertz CT molecular complexity index is 864. The van der Waals surface area contributed by atoms with Crippen LogP contribution in [0.25, 0.3) is 0 Å². The van der Waals surface area contributed by atoms with E-state index in [1.54, 1.807) is 0 Å². The summed E-state index contributed by atoms with van der Waals surface area (Å²) >= 11 is 4.71. The molecule has 0 radical (unpaired) electrons. The van der Waals surface area contributed by atoms with E-state index in [0.717, 1.165) is 0 Å². The normalized spacial score (nSPS) is 10.1. The third kappa shape index (κ3) is 3.33. The molecule has 0 aliphatic heterocycles. The molecule has 4 N–H and O–H groups in total. The highest BCUT2D eigenvalue weighted by Gasteiger charge is 2.19. The summed E-state index contributed by atoms with van der Waals surface area (Å²) in [5.41, 5.74) is -1.05. The van der Waals surface area contributed by atoms with E-state index in [4.69, 9.17) is 26.4 Å². The predicted molar refractivity (Wildman–Crippen MR) is 88.0 cm³/mol. The van der Waals surface area contributed by atoms with E-state index in [2.05, 4.69) is 15.3 Å². The van der Waals surface area contributed by atoms with Crippen molar-refractivity contribution in [2.45, 2.75) is 0 Å². The van der Waals surface area contributed by atoms with Crippen molar-refractivity contribution in [2.24, 2.45) is 0 Å². The summed E-state index contributed by atoms with van der Waals surface area (Å²) in [4.78, 5) is 28.6. The predicted octanol–water partition coefficient (Wildman–Crippen LogP) is 1.42. The smallest absolute Gasteiger partial charge is 0.268 e. The molecular weight excluding hydrogens is 338 g/mol. The number of carbonyl (C=O) groups excluding carboxylic acids is 1. The van der Waals surface area contributed by atoms with E-state index in [1.807, 2.05) is 0 Å². The van der Waals surface area contributed by atoms with Crippen molar-refractivity contribution in [3.8, 4) is 23.1 Å². The minimum atomic E-state index is -0.839. The first-order valence-corrected chi connectivity index (χ1v) is 6.99. The summed E-state index contributed by atoms with van der Waals surface area (Å²) in [5.74, 6) is -0.485. The molecule has 0 spiro atoms. The van der Waals surface area contributed by atoms with Crippen LogP contribution < -0.4 is 25.1 Å². The molecule has 0 saturated heterocycles. The lowest BCUT2D eigenvalue weighted by Gasteiger charge is -2.14. The van der Waals surface area contributed by atoms with Crippen molar-refractivity contribution < 1.29 is 24.1 Å². The number of amides is 1. The Morgan fingerprint density at radius 1 is 1.12 bits per heavy atom. The van der Waals surface area contributed by atoms with Crippen LogP contribution in [0.5, 0.6) is 23.1 Å². The van der Waals surface area contributed by atoms with Crippen LogP contribution in [-0.2, 0) is 0 Å². The minimum Gasteiger partial charge on any atom is -0.494 e. The van der Waals surface area contributed by atoms with Crippen molar-refractivity contribution in [1.29, 1.82) is 0 Å². The Morgan fingerprint density at radius 2 is 1.71 bits per heavy atom.